The summed E-state index contributed by atoms with van der Waals surface area (Å²) in [5.74, 6) is 1.97. The first-order valence-electron chi connectivity index (χ1n) is 28.2. The number of nitrogens with one attached hydrogen (secondary N) is 3. The van der Waals surface area contributed by atoms with E-state index in [0.29, 0.717) is 84.2 Å². The number of ether oxygens (including phenoxy) is 1. The number of methoxy groups -OCH3 is 1. The van der Waals surface area contributed by atoms with Crippen LogP contribution in [0, 0.1) is 0 Å². The van der Waals surface area contributed by atoms with Crippen LogP contribution in [0.3, 0.4) is 0 Å². The van der Waals surface area contributed by atoms with Crippen LogP contribution in [0.5, 0.6) is 23.0 Å². The molecule has 0 spiro atoms. The molecule has 0 fully saturated rings. The van der Waals surface area contributed by atoms with E-state index < -0.39 is 0 Å². The van der Waals surface area contributed by atoms with Gasteiger partial charge in [0.25, 0.3) is 0 Å². The van der Waals surface area contributed by atoms with Gasteiger partial charge in [0.15, 0.2) is 17.3 Å². The Balaban J connectivity index is 0.000000259. The minimum atomic E-state index is -0.181. The van der Waals surface area contributed by atoms with Gasteiger partial charge in [-0.05, 0) is 139 Å². The molecule has 12 heteroatoms. The van der Waals surface area contributed by atoms with Crippen LogP contribution in [0.15, 0.2) is 73.2 Å². The summed E-state index contributed by atoms with van der Waals surface area (Å²) in [4.78, 5) is 48.7. The smallest absolute Gasteiger partial charge is 0.179 e. The van der Waals surface area contributed by atoms with Crippen LogP contribution in [-0.2, 0) is 64.9 Å². The van der Waals surface area contributed by atoms with Crippen LogP contribution in [0.25, 0.3) is 0 Å². The van der Waals surface area contributed by atoms with Gasteiger partial charge in [0, 0.05) is 50.5 Å². The number of Topliss-reactive ketones (excluding diaryl/α,β-unsaturated/α-hetero) is 3. The second-order valence-electron chi connectivity index (χ2n) is 28.0. The second-order valence-corrected chi connectivity index (χ2v) is 28.0. The number of nitrogens with zero attached hydrogens (tertiary/aromatic N) is 1. The van der Waals surface area contributed by atoms with E-state index in [1.54, 1.807) is 31.6 Å². The Kier molecular flexibility index (Phi) is 21.5. The zero-order valence-corrected chi connectivity index (χ0v) is 52.5. The number of aliphatic hydroxyl groups is 1. The molecule has 0 aliphatic heterocycles. The quantitative estimate of drug-likeness (QED) is 0.0462. The van der Waals surface area contributed by atoms with Crippen LogP contribution < -0.4 is 4.74 Å². The first kappa shape index (κ1) is 66.1. The van der Waals surface area contributed by atoms with Crippen LogP contribution in [0.1, 0.15) is 237 Å². The summed E-state index contributed by atoms with van der Waals surface area (Å²) < 4.78 is 5.12. The number of aromatic hydroxyl groups is 3. The number of H-pyrrole nitrogens is 3. The highest BCUT2D eigenvalue weighted by molar-refractivity contribution is 5.96. The van der Waals surface area contributed by atoms with Crippen molar-refractivity contribution in [3.63, 3.8) is 0 Å². The Labute approximate surface area is 479 Å². The number of phenolic OH excluding ortho intramolecular Hbond substituents is 3. The van der Waals surface area contributed by atoms with Crippen molar-refractivity contribution < 1.29 is 39.5 Å². The van der Waals surface area contributed by atoms with Gasteiger partial charge in [0.2, 0.25) is 0 Å². The Hall–Kier alpha value is -6.37. The standard InChI is InChI=1S/C24H36N2O2.2C22H31NO3/c1-23(2,3)18-13-16(14-19(22(18)28)24(4,5)6)9-10-20(27)21-17(11-12-25-21)15-26(7)8;1-21(2,3)16-10-14(11-17(20(16)25)22(4,5)6)8-9-19(24)18-12-15(26-7)13-23-18;1-21(2,3)16-9-14(10-17(20(16)26)22(4,5)6)7-8-19(25)18-11-15(13-24)12-23-18/h11-14,25,28H,9-10,15H2,1-8H3;10-13,23,25H,8-9H2,1-7H3;9-12,23-24,26H,7-8,13H2,1-6H3. The third kappa shape index (κ3) is 18.1. The summed E-state index contributed by atoms with van der Waals surface area (Å²) in [5.41, 5.74) is 11.3. The molecule has 7 N–H and O–H groups in total. The van der Waals surface area contributed by atoms with Crippen molar-refractivity contribution >= 4 is 17.3 Å². The average Bonchev–Trinajstić information content (AvgIpc) is 4.13. The first-order valence-corrected chi connectivity index (χ1v) is 28.2. The number of carbonyl (C=O) groups excluding carboxylic acids is 3. The van der Waals surface area contributed by atoms with Gasteiger partial charge in [0.05, 0.1) is 30.8 Å². The van der Waals surface area contributed by atoms with Crippen molar-refractivity contribution in [1.82, 2.24) is 19.9 Å². The van der Waals surface area contributed by atoms with E-state index in [1.807, 2.05) is 50.6 Å². The molecule has 6 rings (SSSR count). The number of carbonyl (C=O) groups is 3. The molecule has 6 aromatic rings. The molecule has 0 radical (unpaired) electrons. The Morgan fingerprint density at radius 1 is 0.463 bits per heavy atom. The third-order valence-electron chi connectivity index (χ3n) is 14.3. The van der Waals surface area contributed by atoms with E-state index in [1.165, 1.54) is 0 Å². The molecule has 12 nitrogen and oxygen atoms in total. The summed E-state index contributed by atoms with van der Waals surface area (Å²) in [5, 5.41) is 41.5. The van der Waals surface area contributed by atoms with Gasteiger partial charge in [-0.3, -0.25) is 14.4 Å². The van der Waals surface area contributed by atoms with Crippen molar-refractivity contribution in [2.75, 3.05) is 21.2 Å². The molecule has 3 aromatic heterocycles. The lowest BCUT2D eigenvalue weighted by atomic mass is 9.78. The predicted octanol–water partition coefficient (Wildman–Crippen LogP) is 15.0. The normalized spacial score (nSPS) is 12.4. The molecular weight excluding hydrogens is 1000 g/mol. The van der Waals surface area contributed by atoms with Gasteiger partial charge in [-0.25, -0.2) is 0 Å². The lowest BCUT2D eigenvalue weighted by molar-refractivity contribution is 0.0969. The van der Waals surface area contributed by atoms with Gasteiger partial charge in [0.1, 0.15) is 23.0 Å². The Morgan fingerprint density at radius 3 is 1.07 bits per heavy atom. The number of ketones is 3. The van der Waals surface area contributed by atoms with E-state index in [4.69, 9.17) is 9.84 Å². The average molecular weight is 1100 g/mol. The van der Waals surface area contributed by atoms with E-state index in [9.17, 15) is 29.7 Å². The zero-order chi connectivity index (χ0) is 60.7. The van der Waals surface area contributed by atoms with Crippen molar-refractivity contribution in [2.45, 2.75) is 209 Å². The SMILES string of the molecule is CC(C)(C)c1cc(CCC(=O)c2cc(CO)c[nH]2)cc(C(C)(C)C)c1O.CN(C)Cc1cc[nH]c1C(=O)CCc1cc(C(C)(C)C)c(O)c(C(C)(C)C)c1.COc1c[nH]c(C(=O)CCc2cc(C(C)(C)C)c(O)c(C(C)(C)C)c2)c1. The highest BCUT2D eigenvalue weighted by Gasteiger charge is 2.30. The fourth-order valence-electron chi connectivity index (χ4n) is 9.59. The Bertz CT molecular complexity index is 2820. The minimum Gasteiger partial charge on any atom is -0.507 e. The molecule has 0 atom stereocenters. The molecule has 80 heavy (non-hydrogen) atoms. The molecule has 0 saturated heterocycles. The van der Waals surface area contributed by atoms with Crippen LogP contribution in [-0.4, -0.2) is 78.8 Å². The van der Waals surface area contributed by atoms with Gasteiger partial charge >= 0.3 is 0 Å². The van der Waals surface area contributed by atoms with Gasteiger partial charge in [-0.2, -0.15) is 0 Å². The first-order chi connectivity index (χ1) is 36.7. The molecule has 0 saturated carbocycles. The number of aromatic nitrogens is 3. The summed E-state index contributed by atoms with van der Waals surface area (Å²) >= 11 is 0. The maximum Gasteiger partial charge on any atom is 0.179 e. The lowest BCUT2D eigenvalue weighted by Crippen LogP contribution is -2.18. The summed E-state index contributed by atoms with van der Waals surface area (Å²) in [6, 6.07) is 17.6. The zero-order valence-electron chi connectivity index (χ0n) is 52.5. The minimum absolute atomic E-state index is 0.0207. The van der Waals surface area contributed by atoms with E-state index >= 15 is 0 Å². The number of hydrogen-bond donors (Lipinski definition) is 7. The number of benzene rings is 3. The van der Waals surface area contributed by atoms with Crippen LogP contribution in [0.2, 0.25) is 0 Å². The van der Waals surface area contributed by atoms with Crippen LogP contribution >= 0.6 is 0 Å². The molecule has 0 aliphatic rings. The topological polar surface area (TPSA) is 192 Å². The summed E-state index contributed by atoms with van der Waals surface area (Å²) in [6.07, 6.45) is 8.30. The monoisotopic (exact) mass is 1100 g/mol. The number of aromatic amines is 3. The third-order valence-corrected chi connectivity index (χ3v) is 14.3. The molecule has 0 aliphatic carbocycles. The second kappa shape index (κ2) is 26.0. The Morgan fingerprint density at radius 2 is 0.787 bits per heavy atom. The lowest BCUT2D eigenvalue weighted by Gasteiger charge is -2.28. The fourth-order valence-corrected chi connectivity index (χ4v) is 9.59. The van der Waals surface area contributed by atoms with Crippen molar-refractivity contribution in [3.05, 3.63) is 151 Å². The number of phenols is 3. The van der Waals surface area contributed by atoms with Crippen molar-refractivity contribution in [2.24, 2.45) is 0 Å². The number of aliphatic hydroxyl groups excluding tert-OH is 1. The maximum atomic E-state index is 12.8. The highest BCUT2D eigenvalue weighted by Crippen LogP contribution is 2.43. The van der Waals surface area contributed by atoms with Gasteiger partial charge in [-0.15, -0.1) is 0 Å². The number of aryl methyl sites for hydroxylation is 3. The fraction of sp³-hybridized carbons (Fsp3) is 0.515. The molecule has 0 amide bonds. The maximum absolute atomic E-state index is 12.8. The molecule has 0 bridgehead atoms. The van der Waals surface area contributed by atoms with Crippen LogP contribution in [0.4, 0.5) is 0 Å². The predicted molar refractivity (Wildman–Crippen MR) is 327 cm³/mol. The van der Waals surface area contributed by atoms with E-state index in [2.05, 4.69) is 157 Å². The summed E-state index contributed by atoms with van der Waals surface area (Å²) in [7, 11) is 5.58. The van der Waals surface area contributed by atoms with E-state index in [-0.39, 0.29) is 56.4 Å². The highest BCUT2D eigenvalue weighted by atomic mass is 16.5. The summed E-state index contributed by atoms with van der Waals surface area (Å²) in [6.45, 7) is 38.4. The molecular formula is C68H98N4O8. The largest absolute Gasteiger partial charge is 0.507 e. The molecule has 3 heterocycles. The van der Waals surface area contributed by atoms with Crippen molar-refractivity contribution in [3.8, 4) is 23.0 Å². The number of hydrogen-bond acceptors (Lipinski definition) is 9. The molecule has 438 valence electrons. The molecule has 3 aromatic carbocycles. The molecule has 0 unspecified atom stereocenters. The van der Waals surface area contributed by atoms with Gasteiger partial charge < -0.3 is 45.0 Å². The number of rotatable bonds is 16. The van der Waals surface area contributed by atoms with E-state index in [0.717, 1.165) is 62.2 Å². The van der Waals surface area contributed by atoms with Gasteiger partial charge in [-0.1, -0.05) is 161 Å². The van der Waals surface area contributed by atoms with Crippen molar-refractivity contribution in [1.29, 1.82) is 0 Å².